The van der Waals surface area contributed by atoms with Crippen LogP contribution in [0.5, 0.6) is 0 Å². The van der Waals surface area contributed by atoms with E-state index in [4.69, 9.17) is 23.7 Å². The van der Waals surface area contributed by atoms with Crippen molar-refractivity contribution in [2.75, 3.05) is 11.0 Å². The molecule has 0 aromatic heterocycles. The van der Waals surface area contributed by atoms with Gasteiger partial charge >= 0.3 is 0 Å². The summed E-state index contributed by atoms with van der Waals surface area (Å²) in [7, 11) is 0. The molecule has 6 atom stereocenters. The molecule has 3 aromatic carbocycles. The maximum Gasteiger partial charge on any atom is 0.115 e. The first-order valence-electron chi connectivity index (χ1n) is 12.6. The molecule has 2 saturated heterocycles. The van der Waals surface area contributed by atoms with E-state index in [0.717, 1.165) is 27.5 Å². The summed E-state index contributed by atoms with van der Waals surface area (Å²) in [6.07, 6.45) is -0.0190. The molecule has 1 unspecified atom stereocenters. The third kappa shape index (κ3) is 6.73. The normalized spacial score (nSPS) is 27.6. The van der Waals surface area contributed by atoms with Gasteiger partial charge in [0, 0.05) is 10.8 Å². The highest BCUT2D eigenvalue weighted by molar-refractivity contribution is 14.1. The van der Waals surface area contributed by atoms with Gasteiger partial charge in [-0.1, -0.05) is 114 Å². The van der Waals surface area contributed by atoms with Crippen LogP contribution in [0.3, 0.4) is 0 Å². The number of hydrogen-bond acceptors (Lipinski definition) is 5. The fraction of sp³-hybridized carbons (Fsp3) is 0.400. The third-order valence-electron chi connectivity index (χ3n) is 6.71. The first-order chi connectivity index (χ1) is 17.8. The quantitative estimate of drug-likeness (QED) is 0.208. The van der Waals surface area contributed by atoms with Crippen LogP contribution in [0.25, 0.3) is 0 Å². The fourth-order valence-corrected chi connectivity index (χ4v) is 5.47. The largest absolute Gasteiger partial charge is 0.374 e. The van der Waals surface area contributed by atoms with Crippen LogP contribution in [0.2, 0.25) is 0 Å². The van der Waals surface area contributed by atoms with E-state index < -0.39 is 0 Å². The Balaban J connectivity index is 1.34. The predicted molar refractivity (Wildman–Crippen MR) is 147 cm³/mol. The molecule has 5 nitrogen and oxygen atoms in total. The summed E-state index contributed by atoms with van der Waals surface area (Å²) in [6.45, 7) is 1.93. The highest BCUT2D eigenvalue weighted by Gasteiger charge is 2.52. The maximum atomic E-state index is 6.61. The van der Waals surface area contributed by atoms with Crippen LogP contribution in [-0.2, 0) is 43.5 Å². The lowest BCUT2D eigenvalue weighted by molar-refractivity contribution is -0.251. The van der Waals surface area contributed by atoms with Gasteiger partial charge in [0.25, 0.3) is 0 Å². The topological polar surface area (TPSA) is 46.2 Å². The Labute approximate surface area is 227 Å². The monoisotopic (exact) mass is 600 g/mol. The number of benzene rings is 3. The number of alkyl halides is 1. The maximum absolute atomic E-state index is 6.61. The zero-order valence-corrected chi connectivity index (χ0v) is 22.4. The van der Waals surface area contributed by atoms with Crippen LogP contribution in [0.15, 0.2) is 91.0 Å². The van der Waals surface area contributed by atoms with Crippen LogP contribution in [0, 0.1) is 0 Å². The van der Waals surface area contributed by atoms with Crippen molar-refractivity contribution in [1.29, 1.82) is 0 Å². The van der Waals surface area contributed by atoms with Crippen molar-refractivity contribution in [3.63, 3.8) is 0 Å². The Bertz CT molecular complexity index is 1030. The first-order valence-corrected chi connectivity index (χ1v) is 14.1. The van der Waals surface area contributed by atoms with Gasteiger partial charge in [0.15, 0.2) is 0 Å². The molecule has 0 saturated carbocycles. The second-order valence-corrected chi connectivity index (χ2v) is 10.2. The molecule has 0 spiro atoms. The molecule has 2 aliphatic rings. The first kappa shape index (κ1) is 25.8. The van der Waals surface area contributed by atoms with Crippen molar-refractivity contribution in [2.24, 2.45) is 0 Å². The molecule has 2 aliphatic heterocycles. The smallest absolute Gasteiger partial charge is 0.115 e. The summed E-state index contributed by atoms with van der Waals surface area (Å²) >= 11 is 2.39. The highest BCUT2D eigenvalue weighted by Crippen LogP contribution is 2.37. The zero-order chi connectivity index (χ0) is 24.6. The number of fused-ring (bicyclic) bond motifs is 1. The molecular weight excluding hydrogens is 567 g/mol. The average Bonchev–Trinajstić information content (AvgIpc) is 3.35. The Morgan fingerprint density at radius 3 is 1.75 bits per heavy atom. The molecule has 190 valence electrons. The summed E-state index contributed by atoms with van der Waals surface area (Å²) < 4.78 is 33.3. The summed E-state index contributed by atoms with van der Waals surface area (Å²) in [6, 6.07) is 30.7. The Kier molecular flexibility index (Phi) is 9.41. The second kappa shape index (κ2) is 13.1. The van der Waals surface area contributed by atoms with Crippen molar-refractivity contribution < 1.29 is 23.7 Å². The molecular formula is C30H33IO5. The van der Waals surface area contributed by atoms with Crippen molar-refractivity contribution in [2.45, 2.75) is 62.9 Å². The number of rotatable bonds is 11. The van der Waals surface area contributed by atoms with Crippen LogP contribution >= 0.6 is 22.6 Å². The molecule has 0 N–H and O–H groups in total. The Hall–Kier alpha value is -1.81. The summed E-state index contributed by atoms with van der Waals surface area (Å²) in [4.78, 5) is 0. The van der Waals surface area contributed by atoms with Gasteiger partial charge in [0.1, 0.15) is 24.4 Å². The fourth-order valence-electron chi connectivity index (χ4n) is 4.91. The van der Waals surface area contributed by atoms with Crippen molar-refractivity contribution >= 4 is 22.6 Å². The van der Waals surface area contributed by atoms with E-state index in [1.54, 1.807) is 0 Å². The minimum Gasteiger partial charge on any atom is -0.374 e. The van der Waals surface area contributed by atoms with Gasteiger partial charge in [-0.3, -0.25) is 0 Å². The minimum atomic E-state index is -0.320. The van der Waals surface area contributed by atoms with Crippen LogP contribution in [-0.4, -0.2) is 47.7 Å². The van der Waals surface area contributed by atoms with E-state index in [1.807, 2.05) is 54.6 Å². The summed E-state index contributed by atoms with van der Waals surface area (Å²) in [5, 5.41) is 0. The van der Waals surface area contributed by atoms with Gasteiger partial charge in [-0.2, -0.15) is 0 Å². The van der Waals surface area contributed by atoms with E-state index in [0.29, 0.717) is 26.4 Å². The average molecular weight is 600 g/mol. The summed E-state index contributed by atoms with van der Waals surface area (Å²) in [5.41, 5.74) is 3.38. The van der Waals surface area contributed by atoms with Gasteiger partial charge in [-0.05, 0) is 16.7 Å². The minimum absolute atomic E-state index is 0.0348. The van der Waals surface area contributed by atoms with E-state index in [-0.39, 0.29) is 36.6 Å². The lowest BCUT2D eigenvalue weighted by Gasteiger charge is -2.43. The molecule has 0 aliphatic carbocycles. The molecule has 0 bridgehead atoms. The number of ether oxygens (including phenoxy) is 5. The van der Waals surface area contributed by atoms with Crippen LogP contribution in [0.1, 0.15) is 23.1 Å². The number of hydrogen-bond donors (Lipinski definition) is 0. The lowest BCUT2D eigenvalue weighted by atomic mass is 9.94. The van der Waals surface area contributed by atoms with Crippen LogP contribution < -0.4 is 0 Å². The molecule has 0 amide bonds. The molecule has 5 rings (SSSR count). The van der Waals surface area contributed by atoms with Gasteiger partial charge in [0.2, 0.25) is 0 Å². The summed E-state index contributed by atoms with van der Waals surface area (Å²) in [5.74, 6) is 0. The van der Waals surface area contributed by atoms with Crippen LogP contribution in [0.4, 0.5) is 0 Å². The van der Waals surface area contributed by atoms with E-state index in [1.165, 1.54) is 0 Å². The van der Waals surface area contributed by atoms with Gasteiger partial charge in [0.05, 0.1) is 38.6 Å². The van der Waals surface area contributed by atoms with Crippen molar-refractivity contribution in [1.82, 2.24) is 0 Å². The molecule has 3 aromatic rings. The number of halogens is 1. The SMILES string of the molecule is ICC1C[C@@H]2O[C@H](COCc3ccccc3)[C@@H](OCc3ccccc3)[C@H](OCc3ccccc3)[C@H]2O1. The highest BCUT2D eigenvalue weighted by atomic mass is 127. The zero-order valence-electron chi connectivity index (χ0n) is 20.3. The standard InChI is InChI=1S/C30H33IO5/c31-17-25-16-26-29(35-25)30(34-20-24-14-8-3-9-15-24)28(33-19-23-12-6-2-7-13-23)27(36-26)21-32-18-22-10-4-1-5-11-22/h1-15,25-30H,16-21H2/t25?,26-,27+,28+,29-,30-/m0/s1. The Morgan fingerprint density at radius 2 is 1.19 bits per heavy atom. The molecule has 6 heteroatoms. The van der Waals surface area contributed by atoms with Crippen molar-refractivity contribution in [3.8, 4) is 0 Å². The lowest BCUT2D eigenvalue weighted by Crippen LogP contribution is -2.59. The van der Waals surface area contributed by atoms with Gasteiger partial charge in [-0.25, -0.2) is 0 Å². The molecule has 2 fully saturated rings. The second-order valence-electron chi connectivity index (χ2n) is 9.35. The van der Waals surface area contributed by atoms with Gasteiger partial charge in [-0.15, -0.1) is 0 Å². The van der Waals surface area contributed by atoms with E-state index in [2.05, 4.69) is 59.0 Å². The van der Waals surface area contributed by atoms with Gasteiger partial charge < -0.3 is 23.7 Å². The molecule has 0 radical (unpaired) electrons. The van der Waals surface area contributed by atoms with E-state index >= 15 is 0 Å². The Morgan fingerprint density at radius 1 is 0.667 bits per heavy atom. The predicted octanol–water partition coefficient (Wildman–Crippen LogP) is 5.73. The van der Waals surface area contributed by atoms with E-state index in [9.17, 15) is 0 Å². The molecule has 2 heterocycles. The molecule has 36 heavy (non-hydrogen) atoms. The third-order valence-corrected chi connectivity index (χ3v) is 7.69. The van der Waals surface area contributed by atoms with Crippen molar-refractivity contribution in [3.05, 3.63) is 108 Å².